The van der Waals surface area contributed by atoms with E-state index in [1.165, 1.54) is 43.9 Å². The molecular weight excluding hydrogens is 376 g/mol. The number of aliphatic carboxylic acids is 1. The lowest BCUT2D eigenvalue weighted by atomic mass is 10.1. The summed E-state index contributed by atoms with van der Waals surface area (Å²) < 4.78 is 0. The van der Waals surface area contributed by atoms with Gasteiger partial charge in [-0.2, -0.15) is 0 Å². The SMILES string of the molecule is O=C(O)C(CCCCCCCCCSc1ccccn1)Sc1ccccn1. The molecule has 0 aromatic carbocycles. The average molecular weight is 405 g/mol. The normalized spacial score (nSPS) is 12.0. The molecule has 0 aliphatic carbocycles. The van der Waals surface area contributed by atoms with Crippen LogP contribution in [0.2, 0.25) is 0 Å². The smallest absolute Gasteiger partial charge is 0.317 e. The molecule has 0 saturated heterocycles. The molecule has 1 unspecified atom stereocenters. The van der Waals surface area contributed by atoms with Crippen molar-refractivity contribution in [3.63, 3.8) is 0 Å². The molecule has 2 aromatic heterocycles. The third-order valence-corrected chi connectivity index (χ3v) is 6.41. The molecule has 27 heavy (non-hydrogen) atoms. The molecular formula is C21H28N2O2S2. The van der Waals surface area contributed by atoms with Crippen LogP contribution < -0.4 is 0 Å². The summed E-state index contributed by atoms with van der Waals surface area (Å²) in [5.41, 5.74) is 0. The lowest BCUT2D eigenvalue weighted by Crippen LogP contribution is -2.16. The summed E-state index contributed by atoms with van der Waals surface area (Å²) in [5, 5.41) is 10.9. The first-order chi connectivity index (χ1) is 13.3. The van der Waals surface area contributed by atoms with E-state index in [2.05, 4.69) is 16.0 Å². The quantitative estimate of drug-likeness (QED) is 0.311. The first-order valence-corrected chi connectivity index (χ1v) is 11.5. The Labute approximate surface area is 170 Å². The van der Waals surface area contributed by atoms with E-state index in [1.807, 2.05) is 48.3 Å². The fourth-order valence-corrected chi connectivity index (χ4v) is 4.54. The van der Waals surface area contributed by atoms with Crippen molar-refractivity contribution in [1.82, 2.24) is 9.97 Å². The number of hydrogen-bond acceptors (Lipinski definition) is 5. The number of thioether (sulfide) groups is 2. The van der Waals surface area contributed by atoms with Crippen molar-refractivity contribution in [2.24, 2.45) is 0 Å². The van der Waals surface area contributed by atoms with Gasteiger partial charge in [-0.15, -0.1) is 11.8 Å². The minimum absolute atomic E-state index is 0.400. The van der Waals surface area contributed by atoms with Crippen LogP contribution >= 0.6 is 23.5 Å². The summed E-state index contributed by atoms with van der Waals surface area (Å²) in [4.78, 5) is 19.9. The van der Waals surface area contributed by atoms with Crippen molar-refractivity contribution >= 4 is 29.5 Å². The number of carboxylic acids is 1. The van der Waals surface area contributed by atoms with Crippen LogP contribution in [-0.4, -0.2) is 32.0 Å². The standard InChI is InChI=1S/C21H28N2O2S2/c24-21(25)18(27-20-14-8-10-16-23-20)12-6-4-2-1-3-5-11-17-26-19-13-7-9-15-22-19/h7-10,13-16,18H,1-6,11-12,17H2,(H,24,25). The molecule has 0 amide bonds. The van der Waals surface area contributed by atoms with Crippen LogP contribution in [0.15, 0.2) is 58.8 Å². The minimum atomic E-state index is -0.740. The van der Waals surface area contributed by atoms with Crippen LogP contribution in [0.5, 0.6) is 0 Å². The fraction of sp³-hybridized carbons (Fsp3) is 0.476. The summed E-state index contributed by atoms with van der Waals surface area (Å²) in [7, 11) is 0. The van der Waals surface area contributed by atoms with E-state index in [-0.39, 0.29) is 0 Å². The Bertz CT molecular complexity index is 641. The van der Waals surface area contributed by atoms with Crippen molar-refractivity contribution < 1.29 is 9.90 Å². The predicted octanol–water partition coefficient (Wildman–Crippen LogP) is 5.94. The monoisotopic (exact) mass is 404 g/mol. The van der Waals surface area contributed by atoms with Crippen LogP contribution in [0.3, 0.4) is 0 Å². The van der Waals surface area contributed by atoms with Crippen molar-refractivity contribution in [2.75, 3.05) is 5.75 Å². The Kier molecular flexibility index (Phi) is 11.0. The van der Waals surface area contributed by atoms with Gasteiger partial charge < -0.3 is 5.11 Å². The third kappa shape index (κ3) is 9.82. The summed E-state index contributed by atoms with van der Waals surface area (Å²) in [6.45, 7) is 0. The predicted molar refractivity (Wildman–Crippen MR) is 113 cm³/mol. The van der Waals surface area contributed by atoms with Gasteiger partial charge >= 0.3 is 5.97 Å². The fourth-order valence-electron chi connectivity index (χ4n) is 2.72. The highest BCUT2D eigenvalue weighted by atomic mass is 32.2. The van der Waals surface area contributed by atoms with E-state index >= 15 is 0 Å². The first-order valence-electron chi connectivity index (χ1n) is 9.60. The first kappa shape index (κ1) is 21.8. The third-order valence-electron chi connectivity index (χ3n) is 4.17. The Morgan fingerprint density at radius 2 is 1.44 bits per heavy atom. The molecule has 4 nitrogen and oxygen atoms in total. The van der Waals surface area contributed by atoms with Crippen molar-refractivity contribution in [2.45, 2.75) is 66.7 Å². The lowest BCUT2D eigenvalue weighted by molar-refractivity contribution is -0.136. The van der Waals surface area contributed by atoms with Crippen molar-refractivity contribution in [3.8, 4) is 0 Å². The largest absolute Gasteiger partial charge is 0.480 e. The van der Waals surface area contributed by atoms with Gasteiger partial charge in [0, 0.05) is 12.4 Å². The van der Waals surface area contributed by atoms with Crippen LogP contribution in [-0.2, 0) is 4.79 Å². The number of nitrogens with zero attached hydrogens (tertiary/aromatic N) is 2. The molecule has 2 rings (SSSR count). The molecule has 2 heterocycles. The van der Waals surface area contributed by atoms with E-state index in [0.29, 0.717) is 6.42 Å². The Morgan fingerprint density at radius 1 is 0.852 bits per heavy atom. The van der Waals surface area contributed by atoms with Gasteiger partial charge in [0.2, 0.25) is 0 Å². The molecule has 0 radical (unpaired) electrons. The average Bonchev–Trinajstić information content (AvgIpc) is 2.70. The molecule has 0 spiro atoms. The van der Waals surface area contributed by atoms with Gasteiger partial charge in [-0.3, -0.25) is 4.79 Å². The van der Waals surface area contributed by atoms with E-state index in [1.54, 1.807) is 6.20 Å². The minimum Gasteiger partial charge on any atom is -0.480 e. The second kappa shape index (κ2) is 13.6. The number of hydrogen-bond donors (Lipinski definition) is 1. The van der Waals surface area contributed by atoms with Gasteiger partial charge in [-0.1, -0.05) is 62.4 Å². The van der Waals surface area contributed by atoms with E-state index in [4.69, 9.17) is 0 Å². The summed E-state index contributed by atoms with van der Waals surface area (Å²) in [6, 6.07) is 11.6. The molecule has 0 saturated carbocycles. The molecule has 1 atom stereocenters. The van der Waals surface area contributed by atoms with Crippen LogP contribution in [0.1, 0.15) is 51.4 Å². The van der Waals surface area contributed by atoms with Gasteiger partial charge in [0.15, 0.2) is 0 Å². The van der Waals surface area contributed by atoms with E-state index in [9.17, 15) is 9.90 Å². The molecule has 0 bridgehead atoms. The number of pyridine rings is 2. The number of carboxylic acid groups (broad SMARTS) is 1. The molecule has 1 N–H and O–H groups in total. The summed E-state index contributed by atoms with van der Waals surface area (Å²) in [5.74, 6) is 0.387. The van der Waals surface area contributed by atoms with Gasteiger partial charge in [-0.25, -0.2) is 9.97 Å². The zero-order valence-corrected chi connectivity index (χ0v) is 17.3. The second-order valence-corrected chi connectivity index (χ2v) is 8.73. The van der Waals surface area contributed by atoms with Gasteiger partial charge in [0.05, 0.1) is 10.1 Å². The van der Waals surface area contributed by atoms with Crippen LogP contribution in [0.25, 0.3) is 0 Å². The Morgan fingerprint density at radius 3 is 2.04 bits per heavy atom. The van der Waals surface area contributed by atoms with E-state index < -0.39 is 11.2 Å². The van der Waals surface area contributed by atoms with Crippen LogP contribution in [0, 0.1) is 0 Å². The molecule has 0 aliphatic rings. The Balaban J connectivity index is 1.46. The second-order valence-electron chi connectivity index (χ2n) is 6.39. The Hall–Kier alpha value is -1.53. The maximum absolute atomic E-state index is 11.4. The molecule has 0 fully saturated rings. The van der Waals surface area contributed by atoms with Gasteiger partial charge in [-0.05, 0) is 42.9 Å². The highest BCUT2D eigenvalue weighted by Crippen LogP contribution is 2.25. The lowest BCUT2D eigenvalue weighted by Gasteiger charge is -2.11. The van der Waals surface area contributed by atoms with Crippen LogP contribution in [0.4, 0.5) is 0 Å². The molecule has 2 aromatic rings. The summed E-state index contributed by atoms with van der Waals surface area (Å²) in [6.07, 6.45) is 12.5. The molecule has 6 heteroatoms. The zero-order valence-electron chi connectivity index (χ0n) is 15.6. The number of carbonyl (C=O) groups is 1. The highest BCUT2D eigenvalue weighted by Gasteiger charge is 2.18. The maximum atomic E-state index is 11.4. The summed E-state index contributed by atoms with van der Waals surface area (Å²) >= 11 is 3.18. The highest BCUT2D eigenvalue weighted by molar-refractivity contribution is 8.00. The molecule has 146 valence electrons. The topological polar surface area (TPSA) is 63.1 Å². The van der Waals surface area contributed by atoms with Crippen molar-refractivity contribution in [1.29, 1.82) is 0 Å². The maximum Gasteiger partial charge on any atom is 0.317 e. The van der Waals surface area contributed by atoms with Gasteiger partial charge in [0.1, 0.15) is 5.25 Å². The zero-order chi connectivity index (χ0) is 19.2. The number of aromatic nitrogens is 2. The van der Waals surface area contributed by atoms with E-state index in [0.717, 1.165) is 28.6 Å². The number of unbranched alkanes of at least 4 members (excludes halogenated alkanes) is 6. The number of rotatable bonds is 14. The molecule has 0 aliphatic heterocycles. The van der Waals surface area contributed by atoms with Gasteiger partial charge in [0.25, 0.3) is 0 Å². The van der Waals surface area contributed by atoms with Crippen molar-refractivity contribution in [3.05, 3.63) is 48.8 Å².